The van der Waals surface area contributed by atoms with E-state index in [1.165, 1.54) is 24.3 Å². The molecule has 0 saturated heterocycles. The van der Waals surface area contributed by atoms with Crippen LogP contribution in [0.2, 0.25) is 0 Å². The van der Waals surface area contributed by atoms with Crippen molar-refractivity contribution in [3.8, 4) is 5.75 Å². The summed E-state index contributed by atoms with van der Waals surface area (Å²) in [5.74, 6) is -0.290. The molecule has 0 spiro atoms. The summed E-state index contributed by atoms with van der Waals surface area (Å²) in [7, 11) is -3.82. The second-order valence-electron chi connectivity index (χ2n) is 3.19. The highest BCUT2D eigenvalue weighted by Gasteiger charge is 2.29. The van der Waals surface area contributed by atoms with E-state index in [-0.39, 0.29) is 11.3 Å². The van der Waals surface area contributed by atoms with Gasteiger partial charge in [-0.3, -0.25) is 0 Å². The van der Waals surface area contributed by atoms with E-state index < -0.39 is 22.7 Å². The van der Waals surface area contributed by atoms with Crippen LogP contribution in [0, 0.1) is 0 Å². The van der Waals surface area contributed by atoms with Gasteiger partial charge in [0.2, 0.25) is 0 Å². The van der Waals surface area contributed by atoms with E-state index in [1.807, 2.05) is 0 Å². The highest BCUT2D eigenvalue weighted by molar-refractivity contribution is 7.86. The molecule has 0 aliphatic heterocycles. The van der Waals surface area contributed by atoms with Crippen molar-refractivity contribution in [3.63, 3.8) is 0 Å². The molecule has 1 aromatic rings. The molecule has 0 fully saturated rings. The van der Waals surface area contributed by atoms with Crippen LogP contribution >= 0.6 is 0 Å². The summed E-state index contributed by atoms with van der Waals surface area (Å²) in [5.41, 5.74) is -0.208. The fraction of sp³-hybridized carbons (Fsp3) is 0.333. The highest BCUT2D eigenvalue weighted by atomic mass is 32.2. The fourth-order valence-electron chi connectivity index (χ4n) is 1.11. The van der Waals surface area contributed by atoms with Crippen LogP contribution in [0.3, 0.4) is 0 Å². The molecule has 0 aliphatic carbocycles. The molecule has 0 amide bonds. The lowest BCUT2D eigenvalue weighted by Crippen LogP contribution is -2.14. The van der Waals surface area contributed by atoms with Crippen molar-refractivity contribution in [1.82, 2.24) is 0 Å². The van der Waals surface area contributed by atoms with Gasteiger partial charge in [0.15, 0.2) is 0 Å². The maximum absolute atomic E-state index is 12.1. The van der Waals surface area contributed by atoms with E-state index in [0.29, 0.717) is 0 Å². The van der Waals surface area contributed by atoms with E-state index in [1.54, 1.807) is 0 Å². The first-order chi connectivity index (χ1) is 7.17. The second kappa shape index (κ2) is 4.32. The van der Waals surface area contributed by atoms with Gasteiger partial charge in [-0.25, -0.2) is 0 Å². The van der Waals surface area contributed by atoms with E-state index in [4.69, 9.17) is 0 Å². The number of alkyl halides is 3. The van der Waals surface area contributed by atoms with Gasteiger partial charge < -0.3 is 4.18 Å². The first kappa shape index (κ1) is 12.8. The lowest BCUT2D eigenvalue weighted by molar-refractivity contribution is -0.127. The van der Waals surface area contributed by atoms with Crippen LogP contribution in [0.15, 0.2) is 24.3 Å². The molecular weight excluding hydrogens is 245 g/mol. The van der Waals surface area contributed by atoms with Gasteiger partial charge in [-0.15, -0.1) is 0 Å². The van der Waals surface area contributed by atoms with Crippen LogP contribution in [-0.4, -0.2) is 20.8 Å². The SMILES string of the molecule is CS(=O)(=O)Oc1ccccc1CC(F)(F)F. The minimum absolute atomic E-state index is 0.208. The molecule has 0 aromatic heterocycles. The number of benzene rings is 1. The molecule has 1 aromatic carbocycles. The minimum atomic E-state index is -4.41. The lowest BCUT2D eigenvalue weighted by Gasteiger charge is -2.11. The van der Waals surface area contributed by atoms with Gasteiger partial charge in [0.25, 0.3) is 0 Å². The number of hydrogen-bond donors (Lipinski definition) is 0. The van der Waals surface area contributed by atoms with Gasteiger partial charge in [0.1, 0.15) is 5.75 Å². The summed E-state index contributed by atoms with van der Waals surface area (Å²) < 4.78 is 62.5. The molecule has 16 heavy (non-hydrogen) atoms. The van der Waals surface area contributed by atoms with Gasteiger partial charge in [-0.05, 0) is 6.07 Å². The third-order valence-corrected chi connectivity index (χ3v) is 2.09. The highest BCUT2D eigenvalue weighted by Crippen LogP contribution is 2.27. The Kier molecular flexibility index (Phi) is 3.47. The summed E-state index contributed by atoms with van der Waals surface area (Å²) in [6.07, 6.45) is -4.85. The molecule has 0 N–H and O–H groups in total. The van der Waals surface area contributed by atoms with Gasteiger partial charge in [-0.2, -0.15) is 21.6 Å². The van der Waals surface area contributed by atoms with Crippen molar-refractivity contribution in [2.24, 2.45) is 0 Å². The predicted molar refractivity (Wildman–Crippen MR) is 51.7 cm³/mol. The Morgan fingerprint density at radius 3 is 2.31 bits per heavy atom. The third kappa shape index (κ3) is 4.52. The summed E-state index contributed by atoms with van der Waals surface area (Å²) in [6.45, 7) is 0. The Morgan fingerprint density at radius 2 is 1.81 bits per heavy atom. The van der Waals surface area contributed by atoms with E-state index in [0.717, 1.165) is 6.26 Å². The quantitative estimate of drug-likeness (QED) is 0.776. The van der Waals surface area contributed by atoms with Gasteiger partial charge in [0.05, 0.1) is 12.7 Å². The topological polar surface area (TPSA) is 43.4 Å². The van der Waals surface area contributed by atoms with Crippen molar-refractivity contribution in [2.75, 3.05) is 6.26 Å². The molecule has 0 bridgehead atoms. The first-order valence-electron chi connectivity index (χ1n) is 4.21. The van der Waals surface area contributed by atoms with E-state index in [9.17, 15) is 21.6 Å². The number of halogens is 3. The van der Waals surface area contributed by atoms with Crippen molar-refractivity contribution in [3.05, 3.63) is 29.8 Å². The maximum atomic E-state index is 12.1. The average Bonchev–Trinajstić information content (AvgIpc) is 2.03. The van der Waals surface area contributed by atoms with Crippen LogP contribution in [0.1, 0.15) is 5.56 Å². The van der Waals surface area contributed by atoms with E-state index in [2.05, 4.69) is 4.18 Å². The van der Waals surface area contributed by atoms with Crippen LogP contribution in [0.25, 0.3) is 0 Å². The summed E-state index contributed by atoms with van der Waals surface area (Å²) in [6, 6.07) is 5.15. The van der Waals surface area contributed by atoms with Gasteiger partial charge in [-0.1, -0.05) is 18.2 Å². The van der Waals surface area contributed by atoms with Gasteiger partial charge >= 0.3 is 16.3 Å². The van der Waals surface area contributed by atoms with Crippen LogP contribution < -0.4 is 4.18 Å². The molecule has 0 aliphatic rings. The zero-order valence-corrected chi connectivity index (χ0v) is 9.10. The third-order valence-electron chi connectivity index (χ3n) is 1.60. The Bertz CT molecular complexity index is 465. The molecule has 0 unspecified atom stereocenters. The molecule has 90 valence electrons. The smallest absolute Gasteiger partial charge is 0.382 e. The van der Waals surface area contributed by atoms with Crippen molar-refractivity contribution in [1.29, 1.82) is 0 Å². The number of rotatable bonds is 3. The lowest BCUT2D eigenvalue weighted by atomic mass is 10.1. The zero-order valence-electron chi connectivity index (χ0n) is 8.28. The zero-order chi connectivity index (χ0) is 12.4. The standard InChI is InChI=1S/C9H9F3O3S/c1-16(13,14)15-8-5-3-2-4-7(8)6-9(10,11)12/h2-5H,6H2,1H3. The van der Waals surface area contributed by atoms with Crippen molar-refractivity contribution < 1.29 is 25.8 Å². The molecular formula is C9H9F3O3S. The first-order valence-corrected chi connectivity index (χ1v) is 6.03. The Balaban J connectivity index is 3.01. The molecule has 0 saturated carbocycles. The summed E-state index contributed by atoms with van der Waals surface area (Å²) >= 11 is 0. The van der Waals surface area contributed by atoms with Crippen LogP contribution in [-0.2, 0) is 16.5 Å². The number of hydrogen-bond acceptors (Lipinski definition) is 3. The van der Waals surface area contributed by atoms with Crippen LogP contribution in [0.5, 0.6) is 5.75 Å². The molecule has 0 radical (unpaired) electrons. The van der Waals surface area contributed by atoms with E-state index >= 15 is 0 Å². The molecule has 1 rings (SSSR count). The summed E-state index contributed by atoms with van der Waals surface area (Å²) in [5, 5.41) is 0. The number of para-hydroxylation sites is 1. The molecule has 0 atom stereocenters. The average molecular weight is 254 g/mol. The van der Waals surface area contributed by atoms with Gasteiger partial charge in [0, 0.05) is 5.56 Å². The largest absolute Gasteiger partial charge is 0.393 e. The maximum Gasteiger partial charge on any atom is 0.393 e. The van der Waals surface area contributed by atoms with Crippen molar-refractivity contribution >= 4 is 10.1 Å². The normalized spacial score (nSPS) is 12.5. The Labute approximate surface area is 91.0 Å². The summed E-state index contributed by atoms with van der Waals surface area (Å²) in [4.78, 5) is 0. The second-order valence-corrected chi connectivity index (χ2v) is 4.76. The molecule has 3 nitrogen and oxygen atoms in total. The minimum Gasteiger partial charge on any atom is -0.382 e. The van der Waals surface area contributed by atoms with Crippen molar-refractivity contribution in [2.45, 2.75) is 12.6 Å². The van der Waals surface area contributed by atoms with Crippen LogP contribution in [0.4, 0.5) is 13.2 Å². The molecule has 0 heterocycles. The monoisotopic (exact) mass is 254 g/mol. The Morgan fingerprint density at radius 1 is 1.25 bits per heavy atom. The molecule has 7 heteroatoms. The predicted octanol–water partition coefficient (Wildman–Crippen LogP) is 2.13. The Hall–Kier alpha value is -1.24. The fourth-order valence-corrected chi connectivity index (χ4v) is 1.60.